The fourth-order valence-electron chi connectivity index (χ4n) is 1.92. The summed E-state index contributed by atoms with van der Waals surface area (Å²) in [6.45, 7) is 8.96. The van der Waals surface area contributed by atoms with Crippen LogP contribution in [0.15, 0.2) is 0 Å². The van der Waals surface area contributed by atoms with Crippen LogP contribution in [0, 0.1) is 13.8 Å². The minimum Gasteiger partial charge on any atom is -0.383 e. The van der Waals surface area contributed by atoms with Crippen LogP contribution in [-0.2, 0) is 11.2 Å². The molecule has 0 bridgehead atoms. The molecule has 1 aromatic heterocycles. The summed E-state index contributed by atoms with van der Waals surface area (Å²) in [7, 11) is 1.73. The standard InChI is InChI=1S/C13H26N4O/c1-11-13(12(2)17-16-11)5-8-14-6-4-7-15-9-10-18-3/h14-15H,4-10H2,1-3H3,(H,16,17). The monoisotopic (exact) mass is 254 g/mol. The molecule has 0 aliphatic heterocycles. The minimum absolute atomic E-state index is 0.784. The smallest absolute Gasteiger partial charge is 0.0626 e. The molecule has 0 aliphatic rings. The maximum atomic E-state index is 4.96. The van der Waals surface area contributed by atoms with Gasteiger partial charge in [0.1, 0.15) is 0 Å². The molecule has 0 radical (unpaired) electrons. The Labute approximate surface area is 110 Å². The molecule has 3 N–H and O–H groups in total. The summed E-state index contributed by atoms with van der Waals surface area (Å²) in [5.74, 6) is 0. The lowest BCUT2D eigenvalue weighted by Crippen LogP contribution is -2.25. The Morgan fingerprint density at radius 2 is 1.83 bits per heavy atom. The van der Waals surface area contributed by atoms with Crippen molar-refractivity contribution in [3.8, 4) is 0 Å². The molecule has 0 saturated carbocycles. The highest BCUT2D eigenvalue weighted by molar-refractivity contribution is 5.23. The zero-order chi connectivity index (χ0) is 13.2. The van der Waals surface area contributed by atoms with Crippen LogP contribution in [0.25, 0.3) is 0 Å². The van der Waals surface area contributed by atoms with Gasteiger partial charge in [-0.05, 0) is 51.9 Å². The maximum absolute atomic E-state index is 4.96. The highest BCUT2D eigenvalue weighted by Gasteiger charge is 2.04. The van der Waals surface area contributed by atoms with Gasteiger partial charge in [0.15, 0.2) is 0 Å². The molecule has 0 amide bonds. The van der Waals surface area contributed by atoms with E-state index in [9.17, 15) is 0 Å². The van der Waals surface area contributed by atoms with Crippen molar-refractivity contribution in [3.63, 3.8) is 0 Å². The number of rotatable bonds is 10. The summed E-state index contributed by atoms with van der Waals surface area (Å²) in [6, 6.07) is 0. The second kappa shape index (κ2) is 9.08. The third kappa shape index (κ3) is 5.62. The predicted octanol–water partition coefficient (Wildman–Crippen LogP) is 0.785. The Bertz CT molecular complexity index is 305. The normalized spacial score (nSPS) is 11.1. The molecule has 0 aromatic carbocycles. The Hall–Kier alpha value is -0.910. The number of H-pyrrole nitrogens is 1. The summed E-state index contributed by atoms with van der Waals surface area (Å²) in [5.41, 5.74) is 3.66. The number of hydrogen-bond donors (Lipinski definition) is 3. The molecule has 5 heteroatoms. The Kier molecular flexibility index (Phi) is 7.64. The highest BCUT2D eigenvalue weighted by Crippen LogP contribution is 2.08. The maximum Gasteiger partial charge on any atom is 0.0626 e. The summed E-state index contributed by atoms with van der Waals surface area (Å²) in [5, 5.41) is 14.0. The van der Waals surface area contributed by atoms with Crippen LogP contribution in [0.1, 0.15) is 23.4 Å². The third-order valence-corrected chi connectivity index (χ3v) is 3.02. The molecular formula is C13H26N4O. The van der Waals surface area contributed by atoms with E-state index >= 15 is 0 Å². The predicted molar refractivity (Wildman–Crippen MR) is 74.0 cm³/mol. The van der Waals surface area contributed by atoms with Gasteiger partial charge in [0.25, 0.3) is 0 Å². The van der Waals surface area contributed by atoms with Crippen molar-refractivity contribution in [1.29, 1.82) is 0 Å². The molecule has 18 heavy (non-hydrogen) atoms. The van der Waals surface area contributed by atoms with Crippen LogP contribution in [0.2, 0.25) is 0 Å². The molecule has 1 heterocycles. The van der Waals surface area contributed by atoms with Gasteiger partial charge >= 0.3 is 0 Å². The Morgan fingerprint density at radius 1 is 1.11 bits per heavy atom. The van der Waals surface area contributed by atoms with Gasteiger partial charge in [0, 0.05) is 19.3 Å². The zero-order valence-corrected chi connectivity index (χ0v) is 11.8. The van der Waals surface area contributed by atoms with Gasteiger partial charge in [-0.25, -0.2) is 0 Å². The number of methoxy groups -OCH3 is 1. The number of aryl methyl sites for hydroxylation is 2. The summed E-state index contributed by atoms with van der Waals surface area (Å²) in [6.07, 6.45) is 2.19. The largest absolute Gasteiger partial charge is 0.383 e. The van der Waals surface area contributed by atoms with Crippen LogP contribution >= 0.6 is 0 Å². The molecule has 5 nitrogen and oxygen atoms in total. The number of ether oxygens (including phenoxy) is 1. The SMILES string of the molecule is COCCNCCCNCCc1c(C)n[nH]c1C. The van der Waals surface area contributed by atoms with E-state index in [0.29, 0.717) is 0 Å². The van der Waals surface area contributed by atoms with Crippen molar-refractivity contribution in [2.45, 2.75) is 26.7 Å². The van der Waals surface area contributed by atoms with Crippen molar-refractivity contribution >= 4 is 0 Å². The molecule has 1 rings (SSSR count). The van der Waals surface area contributed by atoms with Gasteiger partial charge < -0.3 is 15.4 Å². The molecule has 104 valence electrons. The lowest BCUT2D eigenvalue weighted by molar-refractivity contribution is 0.199. The highest BCUT2D eigenvalue weighted by atomic mass is 16.5. The topological polar surface area (TPSA) is 62.0 Å². The molecule has 0 atom stereocenters. The van der Waals surface area contributed by atoms with E-state index in [2.05, 4.69) is 34.7 Å². The van der Waals surface area contributed by atoms with Crippen molar-refractivity contribution in [2.75, 3.05) is 39.9 Å². The van der Waals surface area contributed by atoms with Gasteiger partial charge in [-0.1, -0.05) is 0 Å². The van der Waals surface area contributed by atoms with Gasteiger partial charge in [-0.3, -0.25) is 5.10 Å². The van der Waals surface area contributed by atoms with E-state index in [1.165, 1.54) is 11.3 Å². The average molecular weight is 254 g/mol. The van der Waals surface area contributed by atoms with Crippen LogP contribution < -0.4 is 10.6 Å². The van der Waals surface area contributed by atoms with Gasteiger partial charge in [-0.2, -0.15) is 5.10 Å². The van der Waals surface area contributed by atoms with Crippen LogP contribution in [0.5, 0.6) is 0 Å². The van der Waals surface area contributed by atoms with Crippen molar-refractivity contribution in [1.82, 2.24) is 20.8 Å². The van der Waals surface area contributed by atoms with Crippen LogP contribution in [-0.4, -0.2) is 50.1 Å². The minimum atomic E-state index is 0.784. The van der Waals surface area contributed by atoms with Crippen LogP contribution in [0.3, 0.4) is 0 Å². The van der Waals surface area contributed by atoms with Crippen molar-refractivity contribution < 1.29 is 4.74 Å². The quantitative estimate of drug-likeness (QED) is 0.540. The second-order valence-corrected chi connectivity index (χ2v) is 4.51. The van der Waals surface area contributed by atoms with E-state index < -0.39 is 0 Å². The first-order valence-electron chi connectivity index (χ1n) is 6.66. The lowest BCUT2D eigenvalue weighted by Gasteiger charge is -2.06. The van der Waals surface area contributed by atoms with Crippen molar-refractivity contribution in [3.05, 3.63) is 17.0 Å². The summed E-state index contributed by atoms with van der Waals surface area (Å²) < 4.78 is 4.96. The molecular weight excluding hydrogens is 228 g/mol. The zero-order valence-electron chi connectivity index (χ0n) is 11.8. The first-order chi connectivity index (χ1) is 8.75. The van der Waals surface area contributed by atoms with E-state index in [1.54, 1.807) is 7.11 Å². The molecule has 0 aliphatic carbocycles. The van der Waals surface area contributed by atoms with E-state index in [-0.39, 0.29) is 0 Å². The molecule has 0 unspecified atom stereocenters. The number of aromatic nitrogens is 2. The molecule has 0 saturated heterocycles. The molecule has 0 fully saturated rings. The first kappa shape index (κ1) is 15.1. The molecule has 1 aromatic rings. The summed E-state index contributed by atoms with van der Waals surface area (Å²) in [4.78, 5) is 0. The fraction of sp³-hybridized carbons (Fsp3) is 0.769. The Morgan fingerprint density at radius 3 is 2.44 bits per heavy atom. The van der Waals surface area contributed by atoms with Gasteiger partial charge in [0.05, 0.1) is 12.3 Å². The number of nitrogens with one attached hydrogen (secondary N) is 3. The Balaban J connectivity index is 1.96. The summed E-state index contributed by atoms with van der Waals surface area (Å²) >= 11 is 0. The third-order valence-electron chi connectivity index (χ3n) is 3.02. The fourth-order valence-corrected chi connectivity index (χ4v) is 1.92. The number of hydrogen-bond acceptors (Lipinski definition) is 4. The number of aromatic amines is 1. The van der Waals surface area contributed by atoms with E-state index in [1.807, 2.05) is 0 Å². The first-order valence-corrected chi connectivity index (χ1v) is 6.66. The number of nitrogens with zero attached hydrogens (tertiary/aromatic N) is 1. The van der Waals surface area contributed by atoms with Gasteiger partial charge in [-0.15, -0.1) is 0 Å². The van der Waals surface area contributed by atoms with Crippen LogP contribution in [0.4, 0.5) is 0 Å². The van der Waals surface area contributed by atoms with E-state index in [4.69, 9.17) is 4.74 Å². The average Bonchev–Trinajstić information content (AvgIpc) is 2.68. The van der Waals surface area contributed by atoms with Gasteiger partial charge in [0.2, 0.25) is 0 Å². The van der Waals surface area contributed by atoms with E-state index in [0.717, 1.165) is 51.3 Å². The second-order valence-electron chi connectivity index (χ2n) is 4.51. The molecule has 0 spiro atoms. The van der Waals surface area contributed by atoms with Crippen molar-refractivity contribution in [2.24, 2.45) is 0 Å². The lowest BCUT2D eigenvalue weighted by atomic mass is 10.1.